The Labute approximate surface area is 201 Å². The molecule has 3 aromatic carbocycles. The second-order valence-corrected chi connectivity index (χ2v) is 8.27. The van der Waals surface area contributed by atoms with E-state index in [1.807, 2.05) is 85.1 Å². The maximum atomic E-state index is 13.7. The molecule has 0 aliphatic carbocycles. The summed E-state index contributed by atoms with van der Waals surface area (Å²) in [5.74, 6) is 1.44. The number of carbonyl (C=O) groups is 1. The van der Waals surface area contributed by atoms with Gasteiger partial charge in [0.15, 0.2) is 0 Å². The van der Waals surface area contributed by atoms with Crippen molar-refractivity contribution in [2.45, 2.75) is 39.8 Å². The van der Waals surface area contributed by atoms with Crippen LogP contribution in [0.1, 0.15) is 48.4 Å². The van der Waals surface area contributed by atoms with E-state index < -0.39 is 0 Å². The van der Waals surface area contributed by atoms with E-state index in [0.717, 1.165) is 34.7 Å². The van der Waals surface area contributed by atoms with Gasteiger partial charge < -0.3 is 14.6 Å². The van der Waals surface area contributed by atoms with Crippen LogP contribution in [0.25, 0.3) is 22.6 Å². The zero-order chi connectivity index (χ0) is 24.1. The lowest BCUT2D eigenvalue weighted by atomic mass is 10.0. The van der Waals surface area contributed by atoms with Gasteiger partial charge in [-0.25, -0.2) is 4.98 Å². The Morgan fingerprint density at radius 2 is 1.68 bits per heavy atom. The number of hydrogen-bond acceptors (Lipinski definition) is 3. The highest BCUT2D eigenvalue weighted by Crippen LogP contribution is 2.31. The van der Waals surface area contributed by atoms with Crippen molar-refractivity contribution in [1.82, 2.24) is 14.9 Å². The first-order valence-electron chi connectivity index (χ1n) is 11.8. The number of nitrogens with one attached hydrogen (secondary N) is 1. The van der Waals surface area contributed by atoms with Crippen LogP contribution in [-0.2, 0) is 13.0 Å². The lowest BCUT2D eigenvalue weighted by Crippen LogP contribution is -2.29. The number of benzene rings is 3. The van der Waals surface area contributed by atoms with Crippen LogP contribution in [0.4, 0.5) is 0 Å². The van der Waals surface area contributed by atoms with Gasteiger partial charge in [-0.1, -0.05) is 67.6 Å². The fourth-order valence-electron chi connectivity index (χ4n) is 4.18. The summed E-state index contributed by atoms with van der Waals surface area (Å²) >= 11 is 0. The molecule has 0 radical (unpaired) electrons. The molecule has 0 fully saturated rings. The van der Waals surface area contributed by atoms with Gasteiger partial charge in [0.2, 0.25) is 0 Å². The molecule has 34 heavy (non-hydrogen) atoms. The summed E-state index contributed by atoms with van der Waals surface area (Å²) in [5.41, 5.74) is 5.44. The second kappa shape index (κ2) is 10.4. The Bertz CT molecular complexity index is 1260. The van der Waals surface area contributed by atoms with Gasteiger partial charge in [-0.2, -0.15) is 0 Å². The number of methoxy groups -OCH3 is 1. The van der Waals surface area contributed by atoms with Crippen molar-refractivity contribution in [1.29, 1.82) is 0 Å². The number of aromatic nitrogens is 2. The standard InChI is InChI=1S/C29H31N3O2/c1-5-21-11-10-14-24(19-21)26-27(32(6-2)28(31-26)23-12-8-7-9-13-23)29(33)30-20(3)22-15-17-25(34-4)18-16-22/h7-20H,5-6H2,1-4H3,(H,30,33)/t20-/m0/s1. The maximum absolute atomic E-state index is 13.7. The summed E-state index contributed by atoms with van der Waals surface area (Å²) in [6.45, 7) is 6.79. The van der Waals surface area contributed by atoms with Crippen molar-refractivity contribution in [3.63, 3.8) is 0 Å². The van der Waals surface area contributed by atoms with Crippen LogP contribution >= 0.6 is 0 Å². The molecular weight excluding hydrogens is 422 g/mol. The molecule has 0 aliphatic rings. The number of hydrogen-bond donors (Lipinski definition) is 1. The molecule has 5 nitrogen and oxygen atoms in total. The molecular formula is C29H31N3O2. The summed E-state index contributed by atoms with van der Waals surface area (Å²) in [6.07, 6.45) is 0.921. The van der Waals surface area contributed by atoms with E-state index in [-0.39, 0.29) is 11.9 Å². The first-order chi connectivity index (χ1) is 16.5. The molecule has 0 bridgehead atoms. The lowest BCUT2D eigenvalue weighted by Gasteiger charge is -2.17. The maximum Gasteiger partial charge on any atom is 0.270 e. The average molecular weight is 454 g/mol. The van der Waals surface area contributed by atoms with E-state index >= 15 is 0 Å². The topological polar surface area (TPSA) is 56.2 Å². The SMILES string of the molecule is CCc1cccc(-c2nc(-c3ccccc3)n(CC)c2C(=O)N[C@@H](C)c2ccc(OC)cc2)c1. The molecule has 0 saturated carbocycles. The van der Waals surface area contributed by atoms with Gasteiger partial charge in [-0.15, -0.1) is 0 Å². The van der Waals surface area contributed by atoms with E-state index in [9.17, 15) is 4.79 Å². The summed E-state index contributed by atoms with van der Waals surface area (Å²) in [4.78, 5) is 18.7. The number of nitrogens with zero attached hydrogens (tertiary/aromatic N) is 2. The highest BCUT2D eigenvalue weighted by atomic mass is 16.5. The predicted octanol–water partition coefficient (Wildman–Crippen LogP) is 6.30. The van der Waals surface area contributed by atoms with Gasteiger partial charge in [0.05, 0.1) is 13.2 Å². The molecule has 1 amide bonds. The fraction of sp³-hybridized carbons (Fsp3) is 0.241. The molecule has 174 valence electrons. The molecule has 0 aliphatic heterocycles. The second-order valence-electron chi connectivity index (χ2n) is 8.27. The Balaban J connectivity index is 1.78. The molecule has 4 rings (SSSR count). The third-order valence-corrected chi connectivity index (χ3v) is 6.10. The third kappa shape index (κ3) is 4.74. The molecule has 0 saturated heterocycles. The Kier molecular flexibility index (Phi) is 7.12. The van der Waals surface area contributed by atoms with E-state index in [1.54, 1.807) is 7.11 Å². The van der Waals surface area contributed by atoms with Crippen LogP contribution in [-0.4, -0.2) is 22.6 Å². The van der Waals surface area contributed by atoms with Crippen LogP contribution in [0.15, 0.2) is 78.9 Å². The number of aryl methyl sites for hydroxylation is 1. The first kappa shape index (κ1) is 23.3. The zero-order valence-electron chi connectivity index (χ0n) is 20.2. The van der Waals surface area contributed by atoms with Crippen LogP contribution < -0.4 is 10.1 Å². The van der Waals surface area contributed by atoms with Crippen molar-refractivity contribution in [2.24, 2.45) is 0 Å². The number of carbonyl (C=O) groups excluding carboxylic acids is 1. The van der Waals surface area contributed by atoms with E-state index in [4.69, 9.17) is 9.72 Å². The molecule has 4 aromatic rings. The van der Waals surface area contributed by atoms with Crippen molar-refractivity contribution in [3.8, 4) is 28.4 Å². The van der Waals surface area contributed by atoms with E-state index in [2.05, 4.69) is 24.4 Å². The van der Waals surface area contributed by atoms with E-state index in [1.165, 1.54) is 5.56 Å². The van der Waals surface area contributed by atoms with Crippen LogP contribution in [0.5, 0.6) is 5.75 Å². The minimum atomic E-state index is -0.173. The zero-order valence-corrected chi connectivity index (χ0v) is 20.2. The number of imidazole rings is 1. The molecule has 5 heteroatoms. The summed E-state index contributed by atoms with van der Waals surface area (Å²) in [5, 5.41) is 3.19. The van der Waals surface area contributed by atoms with Gasteiger partial charge in [-0.05, 0) is 49.6 Å². The van der Waals surface area contributed by atoms with Crippen molar-refractivity contribution in [2.75, 3.05) is 7.11 Å². The van der Waals surface area contributed by atoms with Gasteiger partial charge in [0, 0.05) is 17.7 Å². The number of ether oxygens (including phenoxy) is 1. The normalized spacial score (nSPS) is 11.8. The molecule has 1 heterocycles. The highest BCUT2D eigenvalue weighted by Gasteiger charge is 2.25. The van der Waals surface area contributed by atoms with E-state index in [0.29, 0.717) is 17.9 Å². The quantitative estimate of drug-likeness (QED) is 0.341. The van der Waals surface area contributed by atoms with Gasteiger partial charge in [0.25, 0.3) is 5.91 Å². The predicted molar refractivity (Wildman–Crippen MR) is 137 cm³/mol. The van der Waals surface area contributed by atoms with Crippen molar-refractivity contribution < 1.29 is 9.53 Å². The van der Waals surface area contributed by atoms with Crippen LogP contribution in [0, 0.1) is 0 Å². The summed E-state index contributed by atoms with van der Waals surface area (Å²) < 4.78 is 7.27. The minimum absolute atomic E-state index is 0.142. The Morgan fingerprint density at radius 3 is 2.32 bits per heavy atom. The molecule has 1 N–H and O–H groups in total. The largest absolute Gasteiger partial charge is 0.497 e. The van der Waals surface area contributed by atoms with Crippen LogP contribution in [0.3, 0.4) is 0 Å². The average Bonchev–Trinajstić information content (AvgIpc) is 3.29. The third-order valence-electron chi connectivity index (χ3n) is 6.10. The van der Waals surface area contributed by atoms with Gasteiger partial charge in [-0.3, -0.25) is 4.79 Å². The van der Waals surface area contributed by atoms with Crippen LogP contribution in [0.2, 0.25) is 0 Å². The van der Waals surface area contributed by atoms with Gasteiger partial charge >= 0.3 is 0 Å². The Hall–Kier alpha value is -3.86. The van der Waals surface area contributed by atoms with Gasteiger partial charge in [0.1, 0.15) is 23.0 Å². The molecule has 1 aromatic heterocycles. The molecule has 0 spiro atoms. The van der Waals surface area contributed by atoms with Crippen molar-refractivity contribution in [3.05, 3.63) is 95.7 Å². The summed E-state index contributed by atoms with van der Waals surface area (Å²) in [6, 6.07) is 25.9. The highest BCUT2D eigenvalue weighted by molar-refractivity contribution is 5.99. The first-order valence-corrected chi connectivity index (χ1v) is 11.8. The Morgan fingerprint density at radius 1 is 0.971 bits per heavy atom. The smallest absolute Gasteiger partial charge is 0.270 e. The minimum Gasteiger partial charge on any atom is -0.497 e. The molecule has 1 atom stereocenters. The number of amides is 1. The van der Waals surface area contributed by atoms with Crippen molar-refractivity contribution >= 4 is 5.91 Å². The lowest BCUT2D eigenvalue weighted by molar-refractivity contribution is 0.0931. The fourth-order valence-corrected chi connectivity index (χ4v) is 4.18. The monoisotopic (exact) mass is 453 g/mol. The number of rotatable bonds is 8. The summed E-state index contributed by atoms with van der Waals surface area (Å²) in [7, 11) is 1.64. The molecule has 0 unspecified atom stereocenters.